The Labute approximate surface area is 92.7 Å². The summed E-state index contributed by atoms with van der Waals surface area (Å²) in [5.41, 5.74) is 10.2. The highest BCUT2D eigenvalue weighted by Crippen LogP contribution is 2.27. The predicted octanol–water partition coefficient (Wildman–Crippen LogP) is 2.70. The molecular weight excluding hydrogens is 182 g/mol. The lowest BCUT2D eigenvalue weighted by Gasteiger charge is -2.04. The minimum Gasteiger partial charge on any atom is -0.330 e. The second kappa shape index (κ2) is 4.80. The summed E-state index contributed by atoms with van der Waals surface area (Å²) >= 11 is 0. The maximum atomic E-state index is 5.50. The Morgan fingerprint density at radius 2 is 2.00 bits per heavy atom. The summed E-state index contributed by atoms with van der Waals surface area (Å²) in [5.74, 6) is 0.847. The normalized spacial score (nSPS) is 19.2. The van der Waals surface area contributed by atoms with Gasteiger partial charge in [-0.3, -0.25) is 0 Å². The summed E-state index contributed by atoms with van der Waals surface area (Å²) in [6.45, 7) is 3.16. The zero-order valence-electron chi connectivity index (χ0n) is 9.63. The second-order valence-corrected chi connectivity index (χ2v) is 4.86. The van der Waals surface area contributed by atoms with Crippen LogP contribution in [0.1, 0.15) is 36.5 Å². The number of rotatable bonds is 4. The number of unbranched alkanes of at least 4 members (excludes halogenated alkanes) is 1. The van der Waals surface area contributed by atoms with Gasteiger partial charge in [0.25, 0.3) is 0 Å². The number of aryl methyl sites for hydroxylation is 1. The fraction of sp³-hybridized carbons (Fsp3) is 0.571. The van der Waals surface area contributed by atoms with Crippen LogP contribution in [0.4, 0.5) is 0 Å². The Morgan fingerprint density at radius 1 is 1.20 bits per heavy atom. The van der Waals surface area contributed by atoms with Crippen molar-refractivity contribution in [1.29, 1.82) is 0 Å². The molecule has 0 saturated carbocycles. The van der Waals surface area contributed by atoms with Gasteiger partial charge in [-0.2, -0.15) is 0 Å². The molecule has 1 unspecified atom stereocenters. The second-order valence-electron chi connectivity index (χ2n) is 4.86. The number of benzene rings is 1. The lowest BCUT2D eigenvalue weighted by molar-refractivity contribution is 0.627. The average molecular weight is 203 g/mol. The molecule has 1 heteroatoms. The SMILES string of the molecule is CC1Cc2ccc(CCCCN)cc2C1. The van der Waals surface area contributed by atoms with Crippen LogP contribution >= 0.6 is 0 Å². The molecule has 0 heterocycles. The molecule has 1 aromatic carbocycles. The van der Waals surface area contributed by atoms with Gasteiger partial charge in [0.05, 0.1) is 0 Å². The van der Waals surface area contributed by atoms with Gasteiger partial charge < -0.3 is 5.73 Å². The van der Waals surface area contributed by atoms with Crippen molar-refractivity contribution in [2.24, 2.45) is 11.7 Å². The first kappa shape index (κ1) is 10.7. The van der Waals surface area contributed by atoms with E-state index in [1.54, 1.807) is 11.1 Å². The van der Waals surface area contributed by atoms with E-state index in [0.29, 0.717) is 0 Å². The standard InChI is InChI=1S/C14H21N/c1-11-8-13-6-5-12(4-2-3-7-15)10-14(13)9-11/h5-6,10-11H,2-4,7-9,15H2,1H3. The third kappa shape index (κ3) is 2.60. The lowest BCUT2D eigenvalue weighted by Crippen LogP contribution is -1.99. The van der Waals surface area contributed by atoms with Crippen molar-refractivity contribution in [3.8, 4) is 0 Å². The van der Waals surface area contributed by atoms with Crippen LogP contribution in [0.25, 0.3) is 0 Å². The van der Waals surface area contributed by atoms with Gasteiger partial charge in [-0.25, -0.2) is 0 Å². The molecule has 82 valence electrons. The van der Waals surface area contributed by atoms with Crippen LogP contribution in [0.2, 0.25) is 0 Å². The fourth-order valence-corrected chi connectivity index (χ4v) is 2.52. The van der Waals surface area contributed by atoms with Crippen LogP contribution in [-0.2, 0) is 19.3 Å². The quantitative estimate of drug-likeness (QED) is 0.748. The summed E-state index contributed by atoms with van der Waals surface area (Å²) in [4.78, 5) is 0. The molecule has 2 rings (SSSR count). The monoisotopic (exact) mass is 203 g/mol. The molecule has 1 aliphatic rings. The molecule has 2 N–H and O–H groups in total. The summed E-state index contributed by atoms with van der Waals surface area (Å²) < 4.78 is 0. The molecule has 1 nitrogen and oxygen atoms in total. The molecule has 0 amide bonds. The first-order valence-corrected chi connectivity index (χ1v) is 6.10. The van der Waals surface area contributed by atoms with Gasteiger partial charge in [0, 0.05) is 0 Å². The largest absolute Gasteiger partial charge is 0.330 e. The highest BCUT2D eigenvalue weighted by molar-refractivity contribution is 5.36. The van der Waals surface area contributed by atoms with Crippen LogP contribution < -0.4 is 5.73 Å². The van der Waals surface area contributed by atoms with Gasteiger partial charge in [-0.15, -0.1) is 0 Å². The molecule has 0 fully saturated rings. The number of hydrogen-bond acceptors (Lipinski definition) is 1. The molecule has 1 aromatic rings. The zero-order chi connectivity index (χ0) is 10.7. The van der Waals surface area contributed by atoms with Gasteiger partial charge >= 0.3 is 0 Å². The van der Waals surface area contributed by atoms with E-state index in [9.17, 15) is 0 Å². The molecule has 0 saturated heterocycles. The van der Waals surface area contributed by atoms with Crippen LogP contribution in [0.5, 0.6) is 0 Å². The fourth-order valence-electron chi connectivity index (χ4n) is 2.52. The van der Waals surface area contributed by atoms with Crippen LogP contribution in [-0.4, -0.2) is 6.54 Å². The molecule has 0 aromatic heterocycles. The Hall–Kier alpha value is -0.820. The first-order chi connectivity index (χ1) is 7.29. The predicted molar refractivity (Wildman–Crippen MR) is 65.0 cm³/mol. The molecule has 1 atom stereocenters. The summed E-state index contributed by atoms with van der Waals surface area (Å²) in [7, 11) is 0. The van der Waals surface area contributed by atoms with Crippen molar-refractivity contribution in [1.82, 2.24) is 0 Å². The maximum Gasteiger partial charge on any atom is -0.00772 e. The van der Waals surface area contributed by atoms with E-state index in [1.807, 2.05) is 0 Å². The summed E-state index contributed by atoms with van der Waals surface area (Å²) in [6, 6.07) is 7.04. The third-order valence-corrected chi connectivity index (χ3v) is 3.33. The molecule has 0 radical (unpaired) electrons. The van der Waals surface area contributed by atoms with E-state index >= 15 is 0 Å². The van der Waals surface area contributed by atoms with Crippen molar-refractivity contribution in [2.75, 3.05) is 6.54 Å². The van der Waals surface area contributed by atoms with E-state index in [1.165, 1.54) is 31.2 Å². The third-order valence-electron chi connectivity index (χ3n) is 3.33. The van der Waals surface area contributed by atoms with Crippen molar-refractivity contribution in [3.63, 3.8) is 0 Å². The molecule has 15 heavy (non-hydrogen) atoms. The van der Waals surface area contributed by atoms with Gasteiger partial charge in [0.1, 0.15) is 0 Å². The summed E-state index contributed by atoms with van der Waals surface area (Å²) in [6.07, 6.45) is 6.12. The van der Waals surface area contributed by atoms with Crippen molar-refractivity contribution < 1.29 is 0 Å². The van der Waals surface area contributed by atoms with Crippen LogP contribution in [0, 0.1) is 5.92 Å². The Balaban J connectivity index is 2.00. The topological polar surface area (TPSA) is 26.0 Å². The summed E-state index contributed by atoms with van der Waals surface area (Å²) in [5, 5.41) is 0. The van der Waals surface area contributed by atoms with Crippen molar-refractivity contribution in [2.45, 2.75) is 39.0 Å². The van der Waals surface area contributed by atoms with Crippen molar-refractivity contribution in [3.05, 3.63) is 34.9 Å². The van der Waals surface area contributed by atoms with E-state index < -0.39 is 0 Å². The van der Waals surface area contributed by atoms with Crippen LogP contribution in [0.3, 0.4) is 0 Å². The highest BCUT2D eigenvalue weighted by atomic mass is 14.5. The van der Waals surface area contributed by atoms with E-state index in [0.717, 1.165) is 18.9 Å². The Bertz CT molecular complexity index is 330. The Morgan fingerprint density at radius 3 is 2.80 bits per heavy atom. The smallest absolute Gasteiger partial charge is 0.00772 e. The maximum absolute atomic E-state index is 5.50. The molecule has 1 aliphatic carbocycles. The number of hydrogen-bond donors (Lipinski definition) is 1. The average Bonchev–Trinajstić information content (AvgIpc) is 2.57. The van der Waals surface area contributed by atoms with Crippen LogP contribution in [0.15, 0.2) is 18.2 Å². The molecular formula is C14H21N. The number of nitrogens with two attached hydrogens (primary N) is 1. The van der Waals surface area contributed by atoms with E-state index in [4.69, 9.17) is 5.73 Å². The minimum absolute atomic E-state index is 0.821. The minimum atomic E-state index is 0.821. The van der Waals surface area contributed by atoms with Crippen molar-refractivity contribution >= 4 is 0 Å². The Kier molecular flexibility index (Phi) is 3.42. The van der Waals surface area contributed by atoms with Gasteiger partial charge in [0.15, 0.2) is 0 Å². The molecule has 0 aliphatic heterocycles. The van der Waals surface area contributed by atoms with Gasteiger partial charge in [-0.1, -0.05) is 25.1 Å². The van der Waals surface area contributed by atoms with Gasteiger partial charge in [0.2, 0.25) is 0 Å². The highest BCUT2D eigenvalue weighted by Gasteiger charge is 2.17. The van der Waals surface area contributed by atoms with Gasteiger partial charge in [-0.05, 0) is 61.3 Å². The molecule has 0 bridgehead atoms. The van der Waals surface area contributed by atoms with E-state index in [2.05, 4.69) is 25.1 Å². The lowest BCUT2D eigenvalue weighted by atomic mass is 10.0. The number of fused-ring (bicyclic) bond motifs is 1. The zero-order valence-corrected chi connectivity index (χ0v) is 9.63. The first-order valence-electron chi connectivity index (χ1n) is 6.10. The van der Waals surface area contributed by atoms with E-state index in [-0.39, 0.29) is 0 Å². The molecule has 0 spiro atoms.